The van der Waals surface area contributed by atoms with Gasteiger partial charge in [-0.2, -0.15) is 0 Å². The minimum absolute atomic E-state index is 0.148. The van der Waals surface area contributed by atoms with Crippen molar-refractivity contribution in [3.63, 3.8) is 0 Å². The van der Waals surface area contributed by atoms with E-state index in [0.29, 0.717) is 44.4 Å². The summed E-state index contributed by atoms with van der Waals surface area (Å²) in [6.07, 6.45) is 0.148. The standard InChI is InChI=1S/C21H20Cl2N2O4S2/c1-27-17-7-14(8-18(28-2)20(17)29-3)24-19(26)9-15-11-31-21(25-15)30-10-12-4-5-13(22)6-16(12)23/h4-8,11H,9-10H2,1-3H3,(H,24,26). The lowest BCUT2D eigenvalue weighted by Crippen LogP contribution is -2.14. The average molecular weight is 499 g/mol. The molecular formula is C21H20Cl2N2O4S2. The van der Waals surface area contributed by atoms with Crippen LogP contribution in [0.25, 0.3) is 0 Å². The molecule has 0 saturated heterocycles. The number of amides is 1. The Labute approximate surface area is 198 Å². The molecule has 0 saturated carbocycles. The summed E-state index contributed by atoms with van der Waals surface area (Å²) in [4.78, 5) is 17.0. The summed E-state index contributed by atoms with van der Waals surface area (Å²) in [6.45, 7) is 0. The molecule has 0 aliphatic rings. The number of anilines is 1. The molecule has 164 valence electrons. The second-order valence-corrected chi connectivity index (χ2v) is 9.19. The van der Waals surface area contributed by atoms with Gasteiger partial charge < -0.3 is 19.5 Å². The van der Waals surface area contributed by atoms with Crippen molar-refractivity contribution < 1.29 is 19.0 Å². The van der Waals surface area contributed by atoms with E-state index in [1.54, 1.807) is 30.0 Å². The van der Waals surface area contributed by atoms with E-state index < -0.39 is 0 Å². The number of benzene rings is 2. The molecule has 0 spiro atoms. The summed E-state index contributed by atoms with van der Waals surface area (Å²) in [7, 11) is 4.57. The van der Waals surface area contributed by atoms with E-state index in [9.17, 15) is 4.79 Å². The van der Waals surface area contributed by atoms with Gasteiger partial charge in [0.25, 0.3) is 0 Å². The second kappa shape index (κ2) is 10.9. The summed E-state index contributed by atoms with van der Waals surface area (Å²) in [5.74, 6) is 1.86. The first-order chi connectivity index (χ1) is 14.9. The molecule has 1 aromatic heterocycles. The number of ether oxygens (including phenoxy) is 3. The van der Waals surface area contributed by atoms with Gasteiger partial charge in [0, 0.05) is 39.0 Å². The molecule has 1 amide bonds. The van der Waals surface area contributed by atoms with E-state index in [4.69, 9.17) is 37.4 Å². The molecule has 3 aromatic rings. The zero-order valence-corrected chi connectivity index (χ0v) is 20.2. The Balaban J connectivity index is 1.61. The number of thioether (sulfide) groups is 1. The Kier molecular flexibility index (Phi) is 8.31. The number of methoxy groups -OCH3 is 3. The van der Waals surface area contributed by atoms with E-state index in [0.717, 1.165) is 9.90 Å². The molecule has 1 heterocycles. The average Bonchev–Trinajstić information content (AvgIpc) is 3.19. The Hall–Kier alpha value is -2.13. The normalized spacial score (nSPS) is 10.6. The Bertz CT molecular complexity index is 1050. The van der Waals surface area contributed by atoms with Gasteiger partial charge in [0.2, 0.25) is 11.7 Å². The summed E-state index contributed by atoms with van der Waals surface area (Å²) < 4.78 is 16.8. The predicted octanol–water partition coefficient (Wildman–Crippen LogP) is 5.95. The smallest absolute Gasteiger partial charge is 0.230 e. The maximum Gasteiger partial charge on any atom is 0.230 e. The highest BCUT2D eigenvalue weighted by molar-refractivity contribution is 8.00. The molecule has 0 atom stereocenters. The van der Waals surface area contributed by atoms with Crippen molar-refractivity contribution >= 4 is 57.9 Å². The number of rotatable bonds is 9. The van der Waals surface area contributed by atoms with Crippen LogP contribution >= 0.6 is 46.3 Å². The number of nitrogens with one attached hydrogen (secondary N) is 1. The fourth-order valence-corrected chi connectivity index (χ4v) is 5.14. The molecule has 0 fully saturated rings. The maximum atomic E-state index is 12.5. The van der Waals surface area contributed by atoms with Gasteiger partial charge in [-0.15, -0.1) is 11.3 Å². The fourth-order valence-electron chi connectivity index (χ4n) is 2.74. The van der Waals surface area contributed by atoms with Gasteiger partial charge in [-0.25, -0.2) is 4.98 Å². The molecule has 31 heavy (non-hydrogen) atoms. The van der Waals surface area contributed by atoms with E-state index in [-0.39, 0.29) is 12.3 Å². The third-order valence-corrected chi connectivity index (χ3v) is 6.89. The largest absolute Gasteiger partial charge is 0.493 e. The van der Waals surface area contributed by atoms with Crippen LogP contribution in [0, 0.1) is 0 Å². The van der Waals surface area contributed by atoms with Gasteiger partial charge in [-0.1, -0.05) is 41.0 Å². The van der Waals surface area contributed by atoms with Crippen LogP contribution in [0.15, 0.2) is 40.1 Å². The van der Waals surface area contributed by atoms with Gasteiger partial charge in [-0.05, 0) is 17.7 Å². The zero-order chi connectivity index (χ0) is 22.4. The minimum atomic E-state index is -0.197. The van der Waals surface area contributed by atoms with Crippen molar-refractivity contribution in [3.8, 4) is 17.2 Å². The van der Waals surface area contributed by atoms with Crippen LogP contribution in [-0.4, -0.2) is 32.2 Å². The first-order valence-corrected chi connectivity index (χ1v) is 11.7. The quantitative estimate of drug-likeness (QED) is 0.367. The fraction of sp³-hybridized carbons (Fsp3) is 0.238. The number of carbonyl (C=O) groups excluding carboxylic acids is 1. The number of nitrogens with zero attached hydrogens (tertiary/aromatic N) is 1. The van der Waals surface area contributed by atoms with E-state index in [1.807, 2.05) is 17.5 Å². The summed E-state index contributed by atoms with van der Waals surface area (Å²) >= 11 is 15.2. The second-order valence-electron chi connectivity index (χ2n) is 6.27. The lowest BCUT2D eigenvalue weighted by Gasteiger charge is -2.14. The number of hydrogen-bond acceptors (Lipinski definition) is 7. The van der Waals surface area contributed by atoms with Crippen molar-refractivity contribution in [2.45, 2.75) is 16.5 Å². The molecular weight excluding hydrogens is 479 g/mol. The third kappa shape index (κ3) is 6.20. The van der Waals surface area contributed by atoms with Crippen LogP contribution in [0.4, 0.5) is 5.69 Å². The van der Waals surface area contributed by atoms with Crippen LogP contribution in [0.3, 0.4) is 0 Å². The third-order valence-electron chi connectivity index (χ3n) is 4.19. The number of aromatic nitrogens is 1. The lowest BCUT2D eigenvalue weighted by molar-refractivity contribution is -0.115. The van der Waals surface area contributed by atoms with Crippen LogP contribution in [-0.2, 0) is 17.0 Å². The number of halogens is 2. The van der Waals surface area contributed by atoms with Gasteiger partial charge in [0.05, 0.1) is 33.4 Å². The molecule has 3 rings (SSSR count). The molecule has 0 radical (unpaired) electrons. The summed E-state index contributed by atoms with van der Waals surface area (Å²) in [5, 5.41) is 5.95. The zero-order valence-electron chi connectivity index (χ0n) is 17.0. The van der Waals surface area contributed by atoms with Crippen molar-refractivity contribution in [1.29, 1.82) is 0 Å². The van der Waals surface area contributed by atoms with Crippen molar-refractivity contribution in [3.05, 3.63) is 57.0 Å². The van der Waals surface area contributed by atoms with Gasteiger partial charge in [-0.3, -0.25) is 4.79 Å². The molecule has 0 aliphatic heterocycles. The van der Waals surface area contributed by atoms with Crippen LogP contribution in [0.5, 0.6) is 17.2 Å². The molecule has 1 N–H and O–H groups in total. The summed E-state index contributed by atoms with van der Waals surface area (Å²) in [6, 6.07) is 8.79. The first kappa shape index (κ1) is 23.5. The highest BCUT2D eigenvalue weighted by atomic mass is 35.5. The Morgan fingerprint density at radius 1 is 1.10 bits per heavy atom. The van der Waals surface area contributed by atoms with E-state index >= 15 is 0 Å². The maximum absolute atomic E-state index is 12.5. The van der Waals surface area contributed by atoms with E-state index in [2.05, 4.69) is 10.3 Å². The molecule has 6 nitrogen and oxygen atoms in total. The highest BCUT2D eigenvalue weighted by Gasteiger charge is 2.15. The van der Waals surface area contributed by atoms with E-state index in [1.165, 1.54) is 32.7 Å². The van der Waals surface area contributed by atoms with Crippen molar-refractivity contribution in [2.75, 3.05) is 26.6 Å². The number of carbonyl (C=O) groups is 1. The monoisotopic (exact) mass is 498 g/mol. The first-order valence-electron chi connectivity index (χ1n) is 9.04. The minimum Gasteiger partial charge on any atom is -0.493 e. The Morgan fingerprint density at radius 3 is 2.42 bits per heavy atom. The van der Waals surface area contributed by atoms with Crippen molar-refractivity contribution in [1.82, 2.24) is 4.98 Å². The van der Waals surface area contributed by atoms with Crippen molar-refractivity contribution in [2.24, 2.45) is 0 Å². The topological polar surface area (TPSA) is 69.7 Å². The number of thiazole rings is 1. The van der Waals surface area contributed by atoms with Crippen LogP contribution < -0.4 is 19.5 Å². The number of hydrogen-bond donors (Lipinski definition) is 1. The molecule has 0 aliphatic carbocycles. The van der Waals surface area contributed by atoms with Crippen LogP contribution in [0.1, 0.15) is 11.3 Å². The predicted molar refractivity (Wildman–Crippen MR) is 127 cm³/mol. The summed E-state index contributed by atoms with van der Waals surface area (Å²) in [5.41, 5.74) is 2.22. The lowest BCUT2D eigenvalue weighted by atomic mass is 10.2. The SMILES string of the molecule is COc1cc(NC(=O)Cc2csc(SCc3ccc(Cl)cc3Cl)n2)cc(OC)c1OC. The van der Waals surface area contributed by atoms with Gasteiger partial charge in [0.1, 0.15) is 4.34 Å². The molecule has 0 unspecified atom stereocenters. The van der Waals surface area contributed by atoms with Crippen LogP contribution in [0.2, 0.25) is 10.0 Å². The molecule has 0 bridgehead atoms. The van der Waals surface area contributed by atoms with Gasteiger partial charge >= 0.3 is 0 Å². The Morgan fingerprint density at radius 2 is 1.81 bits per heavy atom. The van der Waals surface area contributed by atoms with Gasteiger partial charge in [0.15, 0.2) is 11.5 Å². The highest BCUT2D eigenvalue weighted by Crippen LogP contribution is 2.40. The molecule has 2 aromatic carbocycles. The molecule has 10 heteroatoms.